The third-order valence-electron chi connectivity index (χ3n) is 10.4. The van der Waals surface area contributed by atoms with Gasteiger partial charge in [-0.3, -0.25) is 0 Å². The van der Waals surface area contributed by atoms with Crippen LogP contribution >= 0.6 is 22.7 Å². The highest BCUT2D eigenvalue weighted by Crippen LogP contribution is 2.46. The number of rotatable bonds is 3. The van der Waals surface area contributed by atoms with E-state index >= 15 is 0 Å². The second-order valence-corrected chi connectivity index (χ2v) is 15.3. The van der Waals surface area contributed by atoms with Gasteiger partial charge in [-0.25, -0.2) is 0 Å². The second kappa shape index (κ2) is 10.9. The smallest absolute Gasteiger partial charge is 0.0448 e. The summed E-state index contributed by atoms with van der Waals surface area (Å²) in [6.45, 7) is 0. The van der Waals surface area contributed by atoms with E-state index in [1.165, 1.54) is 106 Å². The molecule has 0 aliphatic rings. The van der Waals surface area contributed by atoms with Gasteiger partial charge in [0.15, 0.2) is 0 Å². The van der Waals surface area contributed by atoms with Gasteiger partial charge in [0, 0.05) is 40.3 Å². The Balaban J connectivity index is 1.08. The molecule has 2 aromatic heterocycles. The topological polar surface area (TPSA) is 0 Å². The fourth-order valence-corrected chi connectivity index (χ4v) is 10.6. The van der Waals surface area contributed by atoms with Gasteiger partial charge in [-0.05, 0) is 102 Å². The molecule has 11 aromatic rings. The summed E-state index contributed by atoms with van der Waals surface area (Å²) in [7, 11) is 0. The molecule has 0 unspecified atom stereocenters. The molecule has 0 bridgehead atoms. The van der Waals surface area contributed by atoms with E-state index in [2.05, 4.69) is 170 Å². The van der Waals surface area contributed by atoms with Gasteiger partial charge in [0.2, 0.25) is 0 Å². The lowest BCUT2D eigenvalue weighted by molar-refractivity contribution is 1.63. The van der Waals surface area contributed by atoms with Crippen molar-refractivity contribution in [2.45, 2.75) is 0 Å². The zero-order chi connectivity index (χ0) is 32.8. The average Bonchev–Trinajstić information content (AvgIpc) is 3.74. The lowest BCUT2D eigenvalue weighted by Crippen LogP contribution is -1.91. The summed E-state index contributed by atoms with van der Waals surface area (Å²) in [6.07, 6.45) is 0. The number of hydrogen-bond acceptors (Lipinski definition) is 2. The van der Waals surface area contributed by atoms with Gasteiger partial charge in [-0.2, -0.15) is 0 Å². The molecule has 2 heterocycles. The summed E-state index contributed by atoms with van der Waals surface area (Å²) in [6, 6.07) is 63.0. The van der Waals surface area contributed by atoms with E-state index in [1.807, 2.05) is 22.7 Å². The van der Waals surface area contributed by atoms with Gasteiger partial charge >= 0.3 is 0 Å². The van der Waals surface area contributed by atoms with E-state index in [0.717, 1.165) is 0 Å². The van der Waals surface area contributed by atoms with Crippen LogP contribution < -0.4 is 0 Å². The molecule has 9 aromatic carbocycles. The number of thiophene rings is 2. The highest BCUT2D eigenvalue weighted by atomic mass is 32.1. The van der Waals surface area contributed by atoms with E-state index in [9.17, 15) is 0 Å². The first-order chi connectivity index (χ1) is 24.8. The predicted molar refractivity (Wildman–Crippen MR) is 221 cm³/mol. The Hall–Kier alpha value is -5.80. The van der Waals surface area contributed by atoms with Gasteiger partial charge in [0.1, 0.15) is 0 Å². The number of hydrogen-bond donors (Lipinski definition) is 0. The van der Waals surface area contributed by atoms with Crippen LogP contribution in [0.2, 0.25) is 0 Å². The van der Waals surface area contributed by atoms with Crippen molar-refractivity contribution in [1.82, 2.24) is 0 Å². The zero-order valence-corrected chi connectivity index (χ0v) is 28.6. The molecule has 0 nitrogen and oxygen atoms in total. The van der Waals surface area contributed by atoms with Crippen LogP contribution in [0.3, 0.4) is 0 Å². The van der Waals surface area contributed by atoms with Crippen LogP contribution in [0.1, 0.15) is 0 Å². The molecule has 50 heavy (non-hydrogen) atoms. The van der Waals surface area contributed by atoms with Crippen LogP contribution in [0.5, 0.6) is 0 Å². The van der Waals surface area contributed by atoms with Crippen LogP contribution in [0.4, 0.5) is 0 Å². The summed E-state index contributed by atoms with van der Waals surface area (Å²) < 4.78 is 5.47. The van der Waals surface area contributed by atoms with Crippen LogP contribution in [0, 0.1) is 0 Å². The highest BCUT2D eigenvalue weighted by Gasteiger charge is 2.17. The van der Waals surface area contributed by atoms with Crippen molar-refractivity contribution in [3.8, 4) is 33.4 Å². The summed E-state index contributed by atoms with van der Waals surface area (Å²) in [5, 5.41) is 13.2. The standard InChI is InChI=1S/C48H28S2/c1-2-11-29(12-3-1)45-35-15-4-6-17-37(35)46(38-18-7-5-16-36(38)45)33-14-10-13-30(25-33)31-21-22-32-27-41-39-23-24-43-47(40-19-8-9-20-42(40)49-43)48(39)50-44(41)28-34(32)26-31/h1-28H. The van der Waals surface area contributed by atoms with Gasteiger partial charge in [0.25, 0.3) is 0 Å². The molecule has 0 aliphatic carbocycles. The molecule has 0 saturated carbocycles. The molecular formula is C48H28S2. The van der Waals surface area contributed by atoms with E-state index < -0.39 is 0 Å². The number of fused-ring (bicyclic) bond motifs is 10. The van der Waals surface area contributed by atoms with E-state index in [0.29, 0.717) is 0 Å². The Kier molecular flexibility index (Phi) is 6.09. The first-order valence-corrected chi connectivity index (χ1v) is 18.7. The average molecular weight is 669 g/mol. The minimum Gasteiger partial charge on any atom is -0.135 e. The third kappa shape index (κ3) is 4.16. The molecule has 0 atom stereocenters. The minimum atomic E-state index is 1.23. The van der Waals surface area contributed by atoms with E-state index in [-0.39, 0.29) is 0 Å². The maximum atomic E-state index is 2.41. The van der Waals surface area contributed by atoms with E-state index in [4.69, 9.17) is 0 Å². The van der Waals surface area contributed by atoms with Crippen molar-refractivity contribution in [2.75, 3.05) is 0 Å². The Labute approximate surface area is 297 Å². The van der Waals surface area contributed by atoms with Gasteiger partial charge in [-0.15, -0.1) is 22.7 Å². The molecular weight excluding hydrogens is 641 g/mol. The lowest BCUT2D eigenvalue weighted by atomic mass is 9.85. The van der Waals surface area contributed by atoms with Crippen molar-refractivity contribution in [1.29, 1.82) is 0 Å². The fourth-order valence-electron chi connectivity index (χ4n) is 8.17. The third-order valence-corrected chi connectivity index (χ3v) is 12.7. The SMILES string of the molecule is c1ccc(-c2c3ccccc3c(-c3cccc(-c4ccc5cc6c(cc5c4)sc4c6ccc5sc6ccccc6c54)c3)c3ccccc23)cc1. The summed E-state index contributed by atoms with van der Waals surface area (Å²) in [4.78, 5) is 0. The zero-order valence-electron chi connectivity index (χ0n) is 27.0. The molecule has 2 heteroatoms. The molecule has 232 valence electrons. The first-order valence-electron chi connectivity index (χ1n) is 17.1. The van der Waals surface area contributed by atoms with E-state index in [1.54, 1.807) is 0 Å². The Morgan fingerprint density at radius 1 is 0.280 bits per heavy atom. The molecule has 0 fully saturated rings. The highest BCUT2D eigenvalue weighted by molar-refractivity contribution is 7.29. The van der Waals surface area contributed by atoms with Gasteiger partial charge < -0.3 is 0 Å². The fraction of sp³-hybridized carbons (Fsp3) is 0. The molecule has 11 rings (SSSR count). The van der Waals surface area contributed by atoms with Crippen molar-refractivity contribution in [2.24, 2.45) is 0 Å². The first kappa shape index (κ1) is 28.1. The van der Waals surface area contributed by atoms with Crippen molar-refractivity contribution < 1.29 is 0 Å². The molecule has 0 radical (unpaired) electrons. The minimum absolute atomic E-state index is 1.23. The molecule has 0 N–H and O–H groups in total. The summed E-state index contributed by atoms with van der Waals surface area (Å²) >= 11 is 3.83. The maximum absolute atomic E-state index is 2.41. The summed E-state index contributed by atoms with van der Waals surface area (Å²) in [5.74, 6) is 0. The quantitative estimate of drug-likeness (QED) is 0.164. The summed E-state index contributed by atoms with van der Waals surface area (Å²) in [5.41, 5.74) is 7.54. The van der Waals surface area contributed by atoms with Crippen LogP contribution in [-0.2, 0) is 0 Å². The Morgan fingerprint density at radius 3 is 1.66 bits per heavy atom. The normalized spacial score (nSPS) is 12.0. The predicted octanol–water partition coefficient (Wildman–Crippen LogP) is 14.9. The Bertz CT molecular complexity index is 3080. The second-order valence-electron chi connectivity index (χ2n) is 13.2. The largest absolute Gasteiger partial charge is 0.135 e. The molecule has 0 saturated heterocycles. The monoisotopic (exact) mass is 668 g/mol. The lowest BCUT2D eigenvalue weighted by Gasteiger charge is -2.18. The van der Waals surface area contributed by atoms with Crippen molar-refractivity contribution >= 4 is 95.3 Å². The molecule has 0 amide bonds. The maximum Gasteiger partial charge on any atom is 0.0448 e. The molecule has 0 spiro atoms. The van der Waals surface area contributed by atoms with Crippen molar-refractivity contribution in [3.05, 3.63) is 170 Å². The van der Waals surface area contributed by atoms with Gasteiger partial charge in [0.05, 0.1) is 0 Å². The number of benzene rings is 9. The van der Waals surface area contributed by atoms with Crippen molar-refractivity contribution in [3.63, 3.8) is 0 Å². The van der Waals surface area contributed by atoms with Crippen LogP contribution in [-0.4, -0.2) is 0 Å². The van der Waals surface area contributed by atoms with Crippen LogP contribution in [0.25, 0.3) is 106 Å². The Morgan fingerprint density at radius 2 is 0.900 bits per heavy atom. The molecule has 0 aliphatic heterocycles. The van der Waals surface area contributed by atoms with Crippen LogP contribution in [0.15, 0.2) is 170 Å². The van der Waals surface area contributed by atoms with Gasteiger partial charge in [-0.1, -0.05) is 133 Å².